The van der Waals surface area contributed by atoms with Crippen LogP contribution < -0.4 is 5.32 Å². The molecule has 0 spiro atoms. The number of nitrogens with zero attached hydrogens (tertiary/aromatic N) is 2. The van der Waals surface area contributed by atoms with Crippen LogP contribution in [0.15, 0.2) is 35.8 Å². The second kappa shape index (κ2) is 8.75. The van der Waals surface area contributed by atoms with Crippen LogP contribution in [0.1, 0.15) is 55.2 Å². The van der Waals surface area contributed by atoms with Crippen molar-refractivity contribution in [3.8, 4) is 0 Å². The summed E-state index contributed by atoms with van der Waals surface area (Å²) in [7, 11) is 0. The lowest BCUT2D eigenvalue weighted by Crippen LogP contribution is -2.31. The summed E-state index contributed by atoms with van der Waals surface area (Å²) in [6.07, 6.45) is 5.38. The molecule has 1 amide bonds. The van der Waals surface area contributed by atoms with Crippen molar-refractivity contribution in [3.63, 3.8) is 0 Å². The van der Waals surface area contributed by atoms with Crippen LogP contribution in [0.2, 0.25) is 0 Å². The van der Waals surface area contributed by atoms with Crippen LogP contribution in [0.5, 0.6) is 0 Å². The number of hydrogen-bond donors (Lipinski definition) is 1. The minimum absolute atomic E-state index is 0.179. The minimum Gasteiger partial charge on any atom is -0.452 e. The summed E-state index contributed by atoms with van der Waals surface area (Å²) >= 11 is 1.32. The number of anilines is 1. The van der Waals surface area contributed by atoms with E-state index in [-0.39, 0.29) is 12.0 Å². The molecule has 1 aromatic carbocycles. The van der Waals surface area contributed by atoms with E-state index in [1.54, 1.807) is 11.6 Å². The molecule has 0 radical (unpaired) electrons. The second-order valence-corrected chi connectivity index (χ2v) is 9.57. The minimum atomic E-state index is -0.473. The van der Waals surface area contributed by atoms with Gasteiger partial charge in [0.2, 0.25) is 0 Å². The second-order valence-electron chi connectivity index (χ2n) is 8.67. The molecule has 2 heterocycles. The summed E-state index contributed by atoms with van der Waals surface area (Å²) < 4.78 is 5.46. The van der Waals surface area contributed by atoms with Crippen LogP contribution in [0.3, 0.4) is 0 Å². The summed E-state index contributed by atoms with van der Waals surface area (Å²) in [5, 5.41) is 5.67. The van der Waals surface area contributed by atoms with Gasteiger partial charge in [0.05, 0.1) is 11.1 Å². The Labute approximate surface area is 186 Å². The van der Waals surface area contributed by atoms with E-state index in [1.807, 2.05) is 24.3 Å². The van der Waals surface area contributed by atoms with Gasteiger partial charge in [-0.3, -0.25) is 15.1 Å². The molecule has 1 atom stereocenters. The molecule has 0 aliphatic heterocycles. The van der Waals surface area contributed by atoms with Gasteiger partial charge in [0.15, 0.2) is 11.7 Å². The lowest BCUT2D eigenvalue weighted by atomic mass is 9.68. The fourth-order valence-electron chi connectivity index (χ4n) is 4.22. The van der Waals surface area contributed by atoms with Crippen molar-refractivity contribution in [2.75, 3.05) is 11.9 Å². The topological polar surface area (TPSA) is 81.2 Å². The molecule has 4 rings (SSSR count). The Kier molecular flexibility index (Phi) is 6.05. The predicted octanol–water partition coefficient (Wildman–Crippen LogP) is 5.03. The summed E-state index contributed by atoms with van der Waals surface area (Å²) in [5.41, 5.74) is 3.47. The number of fused-ring (bicyclic) bond motifs is 2. The SMILES string of the molecule is CCC(C)(C)C1CCc2nc3ccccc3c(C(=O)OCC(=O)Nc3nccs3)c2C1. The molecule has 1 aliphatic carbocycles. The van der Waals surface area contributed by atoms with Crippen molar-refractivity contribution in [2.24, 2.45) is 11.3 Å². The zero-order valence-corrected chi connectivity index (χ0v) is 18.9. The van der Waals surface area contributed by atoms with Crippen LogP contribution in [0.4, 0.5) is 5.13 Å². The van der Waals surface area contributed by atoms with Crippen LogP contribution in [-0.4, -0.2) is 28.5 Å². The molecule has 1 N–H and O–H groups in total. The number of amides is 1. The Bertz CT molecular complexity index is 1110. The maximum atomic E-state index is 13.2. The van der Waals surface area contributed by atoms with Crippen molar-refractivity contribution < 1.29 is 14.3 Å². The molecule has 1 unspecified atom stereocenters. The van der Waals surface area contributed by atoms with E-state index in [0.29, 0.717) is 16.6 Å². The summed E-state index contributed by atoms with van der Waals surface area (Å²) in [6, 6.07) is 7.65. The van der Waals surface area contributed by atoms with E-state index in [2.05, 4.69) is 31.1 Å². The normalized spacial score (nSPS) is 16.0. The quantitative estimate of drug-likeness (QED) is 0.547. The van der Waals surface area contributed by atoms with Crippen LogP contribution in [0, 0.1) is 11.3 Å². The third-order valence-corrected chi connectivity index (χ3v) is 7.18. The lowest BCUT2D eigenvalue weighted by molar-refractivity contribution is -0.119. The molecular formula is C24H27N3O3S. The molecule has 0 saturated heterocycles. The summed E-state index contributed by atoms with van der Waals surface area (Å²) in [6.45, 7) is 6.44. The molecule has 0 bridgehead atoms. The molecular weight excluding hydrogens is 410 g/mol. The molecule has 7 heteroatoms. The van der Waals surface area contributed by atoms with E-state index in [9.17, 15) is 9.59 Å². The standard InChI is InChI=1S/C24H27N3O3S/c1-4-24(2,3)15-9-10-19-17(13-15)21(16-7-5-6-8-18(16)26-19)22(29)30-14-20(28)27-23-25-11-12-31-23/h5-8,11-12,15H,4,9-10,13-14H2,1-3H3,(H,25,27,28). The van der Waals surface area contributed by atoms with Crippen LogP contribution >= 0.6 is 11.3 Å². The van der Waals surface area contributed by atoms with Crippen LogP contribution in [0.25, 0.3) is 10.9 Å². The number of thiazole rings is 1. The fourth-order valence-corrected chi connectivity index (χ4v) is 4.77. The van der Waals surface area contributed by atoms with E-state index in [0.717, 1.165) is 47.8 Å². The van der Waals surface area contributed by atoms with Crippen molar-refractivity contribution >= 4 is 39.2 Å². The highest BCUT2D eigenvalue weighted by Crippen LogP contribution is 2.41. The van der Waals surface area contributed by atoms with Gasteiger partial charge in [0.1, 0.15) is 0 Å². The monoisotopic (exact) mass is 437 g/mol. The maximum absolute atomic E-state index is 13.2. The van der Waals surface area contributed by atoms with Crippen molar-refractivity contribution in [1.29, 1.82) is 0 Å². The average Bonchev–Trinajstić information content (AvgIpc) is 3.28. The molecule has 162 valence electrons. The van der Waals surface area contributed by atoms with Crippen molar-refractivity contribution in [2.45, 2.75) is 46.5 Å². The van der Waals surface area contributed by atoms with Gasteiger partial charge in [-0.1, -0.05) is 45.4 Å². The molecule has 6 nitrogen and oxygen atoms in total. The smallest absolute Gasteiger partial charge is 0.339 e. The number of aromatic nitrogens is 2. The Balaban J connectivity index is 1.63. The number of hydrogen-bond acceptors (Lipinski definition) is 6. The molecule has 1 aliphatic rings. The summed E-state index contributed by atoms with van der Waals surface area (Å²) in [4.78, 5) is 34.3. The van der Waals surface area contributed by atoms with Gasteiger partial charge in [0.25, 0.3) is 5.91 Å². The number of esters is 1. The largest absolute Gasteiger partial charge is 0.452 e. The zero-order chi connectivity index (χ0) is 22.0. The van der Waals surface area contributed by atoms with Gasteiger partial charge in [-0.2, -0.15) is 0 Å². The van der Waals surface area contributed by atoms with E-state index in [4.69, 9.17) is 9.72 Å². The molecule has 3 aromatic rings. The number of carbonyl (C=O) groups is 2. The van der Waals surface area contributed by atoms with Gasteiger partial charge in [-0.05, 0) is 42.2 Å². The number of rotatable bonds is 6. The van der Waals surface area contributed by atoms with Gasteiger partial charge in [-0.25, -0.2) is 9.78 Å². The Morgan fingerprint density at radius 3 is 2.84 bits per heavy atom. The first-order valence-electron chi connectivity index (χ1n) is 10.7. The first kappa shape index (κ1) is 21.4. The highest BCUT2D eigenvalue weighted by Gasteiger charge is 2.34. The van der Waals surface area contributed by atoms with Gasteiger partial charge < -0.3 is 4.74 Å². The van der Waals surface area contributed by atoms with Gasteiger partial charge in [0, 0.05) is 22.7 Å². The number of benzene rings is 1. The average molecular weight is 438 g/mol. The molecule has 0 saturated carbocycles. The van der Waals surface area contributed by atoms with Crippen molar-refractivity contribution in [3.05, 3.63) is 52.7 Å². The first-order chi connectivity index (χ1) is 14.9. The zero-order valence-electron chi connectivity index (χ0n) is 18.1. The van der Waals surface area contributed by atoms with E-state index < -0.39 is 11.9 Å². The Morgan fingerprint density at radius 2 is 2.10 bits per heavy atom. The van der Waals surface area contributed by atoms with E-state index >= 15 is 0 Å². The Hall–Kier alpha value is -2.80. The molecule has 2 aromatic heterocycles. The third-order valence-electron chi connectivity index (χ3n) is 6.49. The molecule has 0 fully saturated rings. The van der Waals surface area contributed by atoms with Gasteiger partial charge >= 0.3 is 5.97 Å². The third kappa shape index (κ3) is 4.46. The lowest BCUT2D eigenvalue weighted by Gasteiger charge is -2.37. The predicted molar refractivity (Wildman–Crippen MR) is 122 cm³/mol. The number of carbonyl (C=O) groups excluding carboxylic acids is 2. The Morgan fingerprint density at radius 1 is 1.29 bits per heavy atom. The highest BCUT2D eigenvalue weighted by molar-refractivity contribution is 7.13. The molecule has 31 heavy (non-hydrogen) atoms. The number of pyridine rings is 1. The number of ether oxygens (including phenoxy) is 1. The van der Waals surface area contributed by atoms with Crippen molar-refractivity contribution in [1.82, 2.24) is 9.97 Å². The number of para-hydroxylation sites is 1. The number of aryl methyl sites for hydroxylation is 1. The van der Waals surface area contributed by atoms with E-state index in [1.165, 1.54) is 11.3 Å². The first-order valence-corrected chi connectivity index (χ1v) is 11.5. The fraction of sp³-hybridized carbons (Fsp3) is 0.417. The maximum Gasteiger partial charge on any atom is 0.339 e. The van der Waals surface area contributed by atoms with Gasteiger partial charge in [-0.15, -0.1) is 11.3 Å². The summed E-state index contributed by atoms with van der Waals surface area (Å²) in [5.74, 6) is -0.410. The highest BCUT2D eigenvalue weighted by atomic mass is 32.1. The number of nitrogens with one attached hydrogen (secondary N) is 1. The van der Waals surface area contributed by atoms with Crippen LogP contribution in [-0.2, 0) is 22.4 Å².